The van der Waals surface area contributed by atoms with Crippen LogP contribution in [0.25, 0.3) is 0 Å². The lowest BCUT2D eigenvalue weighted by molar-refractivity contribution is -0.384. The van der Waals surface area contributed by atoms with Gasteiger partial charge in [0.05, 0.1) is 4.92 Å². The van der Waals surface area contributed by atoms with Crippen molar-refractivity contribution < 1.29 is 4.92 Å². The zero-order valence-corrected chi connectivity index (χ0v) is 13.1. The molecule has 0 saturated carbocycles. The number of non-ortho nitro benzene ring substituents is 1. The number of benzene rings is 1. The average molecular weight is 329 g/mol. The molecule has 0 fully saturated rings. The minimum Gasteiger partial charge on any atom is -0.314 e. The Bertz CT molecular complexity index is 424. The third kappa shape index (κ3) is 5.28. The highest BCUT2D eigenvalue weighted by atomic mass is 79.9. The number of halogens is 1. The first-order chi connectivity index (χ1) is 9.08. The molecule has 19 heavy (non-hydrogen) atoms. The van der Waals surface area contributed by atoms with Gasteiger partial charge < -0.3 is 5.32 Å². The Kier molecular flexibility index (Phi) is 7.02. The predicted octanol–water partition coefficient (Wildman–Crippen LogP) is 4.07. The molecule has 1 rings (SSSR count). The van der Waals surface area contributed by atoms with Gasteiger partial charge >= 0.3 is 0 Å². The Hall–Kier alpha value is -0.940. The second-order valence-electron chi connectivity index (χ2n) is 4.68. The van der Waals surface area contributed by atoms with E-state index in [1.165, 1.54) is 0 Å². The van der Waals surface area contributed by atoms with E-state index < -0.39 is 0 Å². The molecule has 1 unspecified atom stereocenters. The van der Waals surface area contributed by atoms with Gasteiger partial charge in [0.1, 0.15) is 0 Å². The maximum atomic E-state index is 10.7. The van der Waals surface area contributed by atoms with E-state index in [-0.39, 0.29) is 10.6 Å². The van der Waals surface area contributed by atoms with Gasteiger partial charge in [-0.25, -0.2) is 0 Å². The molecule has 0 amide bonds. The smallest absolute Gasteiger partial charge is 0.270 e. The van der Waals surface area contributed by atoms with Gasteiger partial charge in [-0.05, 0) is 31.4 Å². The Balaban J connectivity index is 2.75. The van der Waals surface area contributed by atoms with Gasteiger partial charge in [0.2, 0.25) is 0 Å². The van der Waals surface area contributed by atoms with Crippen LogP contribution in [0.2, 0.25) is 0 Å². The van der Waals surface area contributed by atoms with Crippen LogP contribution in [-0.2, 0) is 6.42 Å². The summed E-state index contributed by atoms with van der Waals surface area (Å²) < 4.78 is 0.820. The van der Waals surface area contributed by atoms with E-state index in [9.17, 15) is 10.1 Å². The molecule has 0 aliphatic heterocycles. The highest BCUT2D eigenvalue weighted by molar-refractivity contribution is 9.10. The maximum Gasteiger partial charge on any atom is 0.270 e. The van der Waals surface area contributed by atoms with Gasteiger partial charge in [-0.2, -0.15) is 0 Å². The van der Waals surface area contributed by atoms with Crippen LogP contribution in [0.5, 0.6) is 0 Å². The van der Waals surface area contributed by atoms with E-state index in [2.05, 4.69) is 35.1 Å². The van der Waals surface area contributed by atoms with Crippen LogP contribution in [0, 0.1) is 10.1 Å². The molecule has 1 aromatic carbocycles. The van der Waals surface area contributed by atoms with Crippen LogP contribution in [0.3, 0.4) is 0 Å². The van der Waals surface area contributed by atoms with Crippen LogP contribution >= 0.6 is 15.9 Å². The highest BCUT2D eigenvalue weighted by Crippen LogP contribution is 2.24. The fraction of sp³-hybridized carbons (Fsp3) is 0.571. The second-order valence-corrected chi connectivity index (χ2v) is 5.53. The number of nitrogens with zero attached hydrogens (tertiary/aromatic N) is 1. The number of nitrogens with one attached hydrogen (secondary N) is 1. The number of nitro benzene ring substituents is 1. The molecule has 0 heterocycles. The third-order valence-corrected chi connectivity index (χ3v) is 3.77. The van der Waals surface area contributed by atoms with Crippen LogP contribution < -0.4 is 5.32 Å². The molecule has 1 atom stereocenters. The molecule has 0 saturated heterocycles. The normalized spacial score (nSPS) is 12.4. The van der Waals surface area contributed by atoms with Crippen molar-refractivity contribution in [3.05, 3.63) is 38.3 Å². The van der Waals surface area contributed by atoms with E-state index in [0.717, 1.165) is 42.3 Å². The van der Waals surface area contributed by atoms with E-state index in [1.54, 1.807) is 12.1 Å². The molecule has 0 aromatic heterocycles. The van der Waals surface area contributed by atoms with Gasteiger partial charge in [0, 0.05) is 22.6 Å². The summed E-state index contributed by atoms with van der Waals surface area (Å²) >= 11 is 3.43. The monoisotopic (exact) mass is 328 g/mol. The Morgan fingerprint density at radius 3 is 2.63 bits per heavy atom. The largest absolute Gasteiger partial charge is 0.314 e. The molecule has 4 nitrogen and oxygen atoms in total. The predicted molar refractivity (Wildman–Crippen MR) is 81.5 cm³/mol. The van der Waals surface area contributed by atoms with Crippen LogP contribution in [0.15, 0.2) is 22.7 Å². The number of nitro groups is 1. The lowest BCUT2D eigenvalue weighted by Crippen LogP contribution is -2.31. The van der Waals surface area contributed by atoms with Crippen molar-refractivity contribution in [2.24, 2.45) is 0 Å². The topological polar surface area (TPSA) is 55.2 Å². The summed E-state index contributed by atoms with van der Waals surface area (Å²) in [5.74, 6) is 0. The van der Waals surface area contributed by atoms with Crippen molar-refractivity contribution in [2.45, 2.75) is 45.6 Å². The van der Waals surface area contributed by atoms with Gasteiger partial charge in [0.25, 0.3) is 5.69 Å². The summed E-state index contributed by atoms with van der Waals surface area (Å²) in [6, 6.07) is 5.43. The van der Waals surface area contributed by atoms with Crippen LogP contribution in [-0.4, -0.2) is 17.5 Å². The van der Waals surface area contributed by atoms with Crippen LogP contribution in [0.1, 0.15) is 38.7 Å². The van der Waals surface area contributed by atoms with Crippen molar-refractivity contribution >= 4 is 21.6 Å². The van der Waals surface area contributed by atoms with Gasteiger partial charge in [0.15, 0.2) is 0 Å². The standard InChI is InChI=1S/C14H21BrN2O2/c1-3-5-12(16-8-4-2)9-11-6-7-13(17(18)19)10-14(11)15/h6-7,10,12,16H,3-5,8-9H2,1-2H3. The highest BCUT2D eigenvalue weighted by Gasteiger charge is 2.13. The molecule has 0 aliphatic rings. The fourth-order valence-corrected chi connectivity index (χ4v) is 2.58. The minimum absolute atomic E-state index is 0.129. The second kappa shape index (κ2) is 8.27. The molecule has 1 N–H and O–H groups in total. The molecule has 5 heteroatoms. The lowest BCUT2D eigenvalue weighted by Gasteiger charge is -2.18. The molecule has 0 aliphatic carbocycles. The van der Waals surface area contributed by atoms with Crippen molar-refractivity contribution in [1.82, 2.24) is 5.32 Å². The summed E-state index contributed by atoms with van der Waals surface area (Å²) in [4.78, 5) is 10.3. The SMILES string of the molecule is CCCNC(CCC)Cc1ccc([N+](=O)[O-])cc1Br. The summed E-state index contributed by atoms with van der Waals surface area (Å²) in [5.41, 5.74) is 1.25. The average Bonchev–Trinajstić information content (AvgIpc) is 2.38. The fourth-order valence-electron chi connectivity index (χ4n) is 2.05. The molecular formula is C14H21BrN2O2. The summed E-state index contributed by atoms with van der Waals surface area (Å²) in [7, 11) is 0. The Morgan fingerprint density at radius 2 is 2.11 bits per heavy atom. The molecule has 0 spiro atoms. The molecule has 106 valence electrons. The third-order valence-electron chi connectivity index (χ3n) is 3.03. The molecular weight excluding hydrogens is 308 g/mol. The molecule has 0 bridgehead atoms. The first-order valence-corrected chi connectivity index (χ1v) is 7.54. The Morgan fingerprint density at radius 1 is 1.37 bits per heavy atom. The van der Waals surface area contributed by atoms with Crippen molar-refractivity contribution in [1.29, 1.82) is 0 Å². The van der Waals surface area contributed by atoms with Crippen molar-refractivity contribution in [3.63, 3.8) is 0 Å². The van der Waals surface area contributed by atoms with Crippen molar-refractivity contribution in [2.75, 3.05) is 6.54 Å². The van der Waals surface area contributed by atoms with Crippen LogP contribution in [0.4, 0.5) is 5.69 Å². The summed E-state index contributed by atoms with van der Waals surface area (Å²) in [5, 5.41) is 14.2. The zero-order valence-electron chi connectivity index (χ0n) is 11.5. The number of hydrogen-bond donors (Lipinski definition) is 1. The number of rotatable bonds is 8. The van der Waals surface area contributed by atoms with E-state index in [1.807, 2.05) is 6.07 Å². The van der Waals surface area contributed by atoms with Crippen molar-refractivity contribution in [3.8, 4) is 0 Å². The summed E-state index contributed by atoms with van der Waals surface area (Å²) in [6.45, 7) is 5.33. The van der Waals surface area contributed by atoms with Gasteiger partial charge in [-0.15, -0.1) is 0 Å². The lowest BCUT2D eigenvalue weighted by atomic mass is 10.0. The Labute approximate surface area is 122 Å². The van der Waals surface area contributed by atoms with E-state index >= 15 is 0 Å². The first kappa shape index (κ1) is 16.1. The molecule has 0 radical (unpaired) electrons. The number of hydrogen-bond acceptors (Lipinski definition) is 3. The van der Waals surface area contributed by atoms with Gasteiger partial charge in [-0.3, -0.25) is 10.1 Å². The maximum absolute atomic E-state index is 10.7. The van der Waals surface area contributed by atoms with E-state index in [0.29, 0.717) is 6.04 Å². The first-order valence-electron chi connectivity index (χ1n) is 6.74. The molecule has 1 aromatic rings. The van der Waals surface area contributed by atoms with E-state index in [4.69, 9.17) is 0 Å². The summed E-state index contributed by atoms with van der Waals surface area (Å²) in [6.07, 6.45) is 4.25. The van der Waals surface area contributed by atoms with Gasteiger partial charge in [-0.1, -0.05) is 42.3 Å². The quantitative estimate of drug-likeness (QED) is 0.578. The minimum atomic E-state index is -0.368. The zero-order chi connectivity index (χ0) is 14.3.